The summed E-state index contributed by atoms with van der Waals surface area (Å²) in [6, 6.07) is 4.79. The van der Waals surface area contributed by atoms with Crippen molar-refractivity contribution in [3.05, 3.63) is 34.1 Å². The molecule has 1 fully saturated rings. The Morgan fingerprint density at radius 3 is 2.94 bits per heavy atom. The lowest BCUT2D eigenvalue weighted by molar-refractivity contribution is -0.122. The summed E-state index contributed by atoms with van der Waals surface area (Å²) in [7, 11) is 0. The van der Waals surface area contributed by atoms with E-state index >= 15 is 0 Å². The second-order valence-corrected chi connectivity index (χ2v) is 5.56. The minimum Gasteiger partial charge on any atom is -0.378 e. The van der Waals surface area contributed by atoms with Crippen molar-refractivity contribution in [1.29, 1.82) is 0 Å². The fourth-order valence-electron chi connectivity index (χ4n) is 2.17. The van der Waals surface area contributed by atoms with E-state index in [1.54, 1.807) is 12.1 Å². The first-order chi connectivity index (χ1) is 8.65. The molecule has 98 valence electrons. The van der Waals surface area contributed by atoms with Crippen LogP contribution < -0.4 is 0 Å². The zero-order chi connectivity index (χ0) is 13.0. The number of ether oxygens (including phenoxy) is 1. The van der Waals surface area contributed by atoms with Crippen LogP contribution in [0.2, 0.25) is 0 Å². The molecule has 4 heteroatoms. The minimum absolute atomic E-state index is 0.0322. The van der Waals surface area contributed by atoms with Crippen molar-refractivity contribution in [3.8, 4) is 0 Å². The number of ketones is 1. The van der Waals surface area contributed by atoms with Crippen LogP contribution >= 0.6 is 15.9 Å². The van der Waals surface area contributed by atoms with Crippen molar-refractivity contribution in [3.63, 3.8) is 0 Å². The third-order valence-corrected chi connectivity index (χ3v) is 3.63. The molecule has 0 N–H and O–H groups in total. The highest BCUT2D eigenvalue weighted by molar-refractivity contribution is 9.10. The Bertz CT molecular complexity index is 428. The molecular formula is C14H16BrFO2. The predicted molar refractivity (Wildman–Crippen MR) is 71.0 cm³/mol. The van der Waals surface area contributed by atoms with Gasteiger partial charge in [-0.25, -0.2) is 4.39 Å². The summed E-state index contributed by atoms with van der Waals surface area (Å²) in [5.41, 5.74) is 0.457. The number of hydrogen-bond donors (Lipinski definition) is 0. The predicted octanol–water partition coefficient (Wildman–Crippen LogP) is 3.66. The quantitative estimate of drug-likeness (QED) is 0.847. The van der Waals surface area contributed by atoms with Gasteiger partial charge in [-0.05, 0) is 37.0 Å². The van der Waals surface area contributed by atoms with Crippen molar-refractivity contribution in [1.82, 2.24) is 0 Å². The van der Waals surface area contributed by atoms with Crippen LogP contribution in [0.3, 0.4) is 0 Å². The summed E-state index contributed by atoms with van der Waals surface area (Å²) in [5.74, 6) is -0.287. The first-order valence-corrected chi connectivity index (χ1v) is 7.01. The first kappa shape index (κ1) is 13.7. The molecule has 1 saturated heterocycles. The van der Waals surface area contributed by atoms with E-state index in [-0.39, 0.29) is 24.1 Å². The van der Waals surface area contributed by atoms with Crippen molar-refractivity contribution < 1.29 is 13.9 Å². The highest BCUT2D eigenvalue weighted by atomic mass is 79.9. The number of benzene rings is 1. The Kier molecular flexibility index (Phi) is 4.89. The Balaban J connectivity index is 1.90. The molecule has 0 aliphatic carbocycles. The lowest BCUT2D eigenvalue weighted by atomic mass is 10.00. The Labute approximate surface area is 115 Å². The molecule has 1 aromatic rings. The topological polar surface area (TPSA) is 26.3 Å². The van der Waals surface area contributed by atoms with E-state index in [0.29, 0.717) is 16.5 Å². The van der Waals surface area contributed by atoms with Gasteiger partial charge < -0.3 is 4.74 Å². The highest BCUT2D eigenvalue weighted by Crippen LogP contribution is 2.19. The molecule has 0 spiro atoms. The molecule has 0 amide bonds. The zero-order valence-electron chi connectivity index (χ0n) is 10.1. The lowest BCUT2D eigenvalue weighted by Gasteiger charge is -2.21. The van der Waals surface area contributed by atoms with Gasteiger partial charge in [0.2, 0.25) is 0 Å². The van der Waals surface area contributed by atoms with Crippen LogP contribution in [0.25, 0.3) is 0 Å². The zero-order valence-corrected chi connectivity index (χ0v) is 11.7. The third-order valence-electron chi connectivity index (χ3n) is 3.13. The maximum absolute atomic E-state index is 13.6. The van der Waals surface area contributed by atoms with Crippen LogP contribution in [0.5, 0.6) is 0 Å². The van der Waals surface area contributed by atoms with E-state index in [1.807, 2.05) is 0 Å². The smallest absolute Gasteiger partial charge is 0.139 e. The van der Waals surface area contributed by atoms with Gasteiger partial charge in [0.1, 0.15) is 11.6 Å². The molecule has 1 atom stereocenters. The van der Waals surface area contributed by atoms with Gasteiger partial charge in [-0.1, -0.05) is 22.0 Å². The molecule has 1 aliphatic rings. The molecule has 1 heterocycles. The second-order valence-electron chi connectivity index (χ2n) is 4.64. The molecular weight excluding hydrogens is 299 g/mol. The van der Waals surface area contributed by atoms with Crippen LogP contribution in [0, 0.1) is 5.82 Å². The van der Waals surface area contributed by atoms with Crippen LogP contribution in [0.4, 0.5) is 4.39 Å². The van der Waals surface area contributed by atoms with Gasteiger partial charge in [-0.2, -0.15) is 0 Å². The molecule has 0 aromatic heterocycles. The molecule has 0 bridgehead atoms. The number of carbonyl (C=O) groups excluding carboxylic acids is 1. The largest absolute Gasteiger partial charge is 0.378 e. The van der Waals surface area contributed by atoms with Crippen LogP contribution in [0.15, 0.2) is 22.7 Å². The summed E-state index contributed by atoms with van der Waals surface area (Å²) in [4.78, 5) is 11.9. The number of carbonyl (C=O) groups is 1. The summed E-state index contributed by atoms with van der Waals surface area (Å²) in [5, 5.41) is 0. The van der Waals surface area contributed by atoms with E-state index in [4.69, 9.17) is 4.74 Å². The van der Waals surface area contributed by atoms with E-state index < -0.39 is 0 Å². The van der Waals surface area contributed by atoms with Gasteiger partial charge in [-0.3, -0.25) is 4.79 Å². The van der Waals surface area contributed by atoms with E-state index in [1.165, 1.54) is 6.07 Å². The molecule has 2 rings (SSSR count). The number of hydrogen-bond acceptors (Lipinski definition) is 2. The lowest BCUT2D eigenvalue weighted by Crippen LogP contribution is -2.23. The second kappa shape index (κ2) is 6.43. The van der Waals surface area contributed by atoms with Crippen molar-refractivity contribution in [2.75, 3.05) is 6.61 Å². The average Bonchev–Trinajstić information content (AvgIpc) is 2.34. The van der Waals surface area contributed by atoms with Crippen molar-refractivity contribution in [2.24, 2.45) is 0 Å². The molecule has 2 nitrogen and oxygen atoms in total. The molecule has 0 radical (unpaired) electrons. The number of Topliss-reactive ketones (excluding diaryl/α,β-unsaturated/α-hetero) is 1. The van der Waals surface area contributed by atoms with Crippen molar-refractivity contribution in [2.45, 2.75) is 38.2 Å². The maximum Gasteiger partial charge on any atom is 0.139 e. The van der Waals surface area contributed by atoms with Crippen LogP contribution in [-0.2, 0) is 16.0 Å². The average molecular weight is 315 g/mol. The first-order valence-electron chi connectivity index (χ1n) is 6.22. The van der Waals surface area contributed by atoms with Gasteiger partial charge in [0.25, 0.3) is 0 Å². The molecule has 1 aliphatic heterocycles. The normalized spacial score (nSPS) is 19.8. The molecule has 18 heavy (non-hydrogen) atoms. The fraction of sp³-hybridized carbons (Fsp3) is 0.500. The summed E-state index contributed by atoms with van der Waals surface area (Å²) in [6.45, 7) is 0.741. The fourth-order valence-corrected chi connectivity index (χ4v) is 2.51. The van der Waals surface area contributed by atoms with Gasteiger partial charge in [0.15, 0.2) is 0 Å². The highest BCUT2D eigenvalue weighted by Gasteiger charge is 2.18. The van der Waals surface area contributed by atoms with Crippen LogP contribution in [0.1, 0.15) is 31.2 Å². The van der Waals surface area contributed by atoms with E-state index in [2.05, 4.69) is 15.9 Å². The van der Waals surface area contributed by atoms with Gasteiger partial charge in [-0.15, -0.1) is 0 Å². The maximum atomic E-state index is 13.6. The SMILES string of the molecule is O=C(Cc1ccc(Br)cc1F)CC1CCCCO1. The standard InChI is InChI=1S/C14H16BrFO2/c15-11-5-4-10(14(16)8-11)7-12(17)9-13-3-1-2-6-18-13/h4-5,8,13H,1-3,6-7,9H2. The summed E-state index contributed by atoms with van der Waals surface area (Å²) >= 11 is 3.20. The minimum atomic E-state index is -0.331. The number of rotatable bonds is 4. The molecule has 1 aromatic carbocycles. The summed E-state index contributed by atoms with van der Waals surface area (Å²) in [6.07, 6.45) is 3.71. The number of halogens is 2. The molecule has 1 unspecified atom stereocenters. The van der Waals surface area contributed by atoms with E-state index in [0.717, 1.165) is 25.9 Å². The van der Waals surface area contributed by atoms with E-state index in [9.17, 15) is 9.18 Å². The third kappa shape index (κ3) is 3.89. The Morgan fingerprint density at radius 2 is 2.28 bits per heavy atom. The monoisotopic (exact) mass is 314 g/mol. The van der Waals surface area contributed by atoms with Crippen LogP contribution in [-0.4, -0.2) is 18.5 Å². The van der Waals surface area contributed by atoms with Crippen molar-refractivity contribution >= 4 is 21.7 Å². The van der Waals surface area contributed by atoms with Gasteiger partial charge in [0.05, 0.1) is 6.10 Å². The molecule has 0 saturated carbocycles. The summed E-state index contributed by atoms with van der Waals surface area (Å²) < 4.78 is 19.8. The van der Waals surface area contributed by atoms with Gasteiger partial charge >= 0.3 is 0 Å². The van der Waals surface area contributed by atoms with Gasteiger partial charge in [0, 0.05) is 23.9 Å². The Morgan fingerprint density at radius 1 is 1.44 bits per heavy atom. The Hall–Kier alpha value is -0.740.